The van der Waals surface area contributed by atoms with E-state index in [0.29, 0.717) is 29.7 Å². The van der Waals surface area contributed by atoms with Crippen molar-refractivity contribution in [2.75, 3.05) is 5.32 Å². The summed E-state index contributed by atoms with van der Waals surface area (Å²) in [5, 5.41) is 11.7. The van der Waals surface area contributed by atoms with Crippen molar-refractivity contribution in [1.29, 1.82) is 0 Å². The van der Waals surface area contributed by atoms with Crippen molar-refractivity contribution in [2.45, 2.75) is 25.9 Å². The predicted octanol–water partition coefficient (Wildman–Crippen LogP) is 2.98. The van der Waals surface area contributed by atoms with Gasteiger partial charge in [-0.3, -0.25) is 4.79 Å². The molecule has 3 rings (SSSR count). The Balaban J connectivity index is 1.80. The number of nitrogens with one attached hydrogen (secondary N) is 1. The molecule has 0 radical (unpaired) electrons. The van der Waals surface area contributed by atoms with Gasteiger partial charge < -0.3 is 5.32 Å². The van der Waals surface area contributed by atoms with Crippen LogP contribution in [0, 0.1) is 5.92 Å². The van der Waals surface area contributed by atoms with Gasteiger partial charge in [0, 0.05) is 13.1 Å². The van der Waals surface area contributed by atoms with Gasteiger partial charge in [0.1, 0.15) is 5.69 Å². The van der Waals surface area contributed by atoms with Gasteiger partial charge in [0.05, 0.1) is 11.2 Å². The summed E-state index contributed by atoms with van der Waals surface area (Å²) in [4.78, 5) is 12.3. The van der Waals surface area contributed by atoms with Crippen LogP contribution in [0.1, 0.15) is 18.4 Å². The van der Waals surface area contributed by atoms with Crippen LogP contribution in [0.5, 0.6) is 0 Å². The summed E-state index contributed by atoms with van der Waals surface area (Å²) in [6, 6.07) is 2.02. The summed E-state index contributed by atoms with van der Waals surface area (Å²) in [6.07, 6.45) is 3.92. The predicted molar refractivity (Wildman–Crippen MR) is 77.9 cm³/mol. The first-order valence-corrected chi connectivity index (χ1v) is 7.56. The molecule has 0 aliphatic heterocycles. The number of rotatable bonds is 5. The maximum absolute atomic E-state index is 12.3. The lowest BCUT2D eigenvalue weighted by Crippen LogP contribution is -2.26. The van der Waals surface area contributed by atoms with Crippen LogP contribution >= 0.6 is 22.9 Å². The maximum Gasteiger partial charge on any atom is 0.291 e. The van der Waals surface area contributed by atoms with Crippen LogP contribution in [0.3, 0.4) is 0 Å². The molecular formula is C13H14ClN3OS. The molecule has 1 aliphatic rings. The van der Waals surface area contributed by atoms with E-state index in [2.05, 4.69) is 10.4 Å². The summed E-state index contributed by atoms with van der Waals surface area (Å²) in [5.74, 6) is 0.607. The van der Waals surface area contributed by atoms with Gasteiger partial charge in [-0.15, -0.1) is 0 Å². The standard InChI is InChI=1S/C13H14ClN3OS/c14-11-6-16-17(7-9-1-2-9)13(18)12(11)15-5-10-3-4-19-8-10/h3-4,6,8-9,15H,1-2,5,7H2. The Morgan fingerprint density at radius 3 is 3.05 bits per heavy atom. The SMILES string of the molecule is O=c1c(NCc2ccsc2)c(Cl)cnn1CC1CC1. The quantitative estimate of drug-likeness (QED) is 0.922. The zero-order valence-electron chi connectivity index (χ0n) is 10.3. The van der Waals surface area contributed by atoms with Crippen LogP contribution in [-0.2, 0) is 13.1 Å². The highest BCUT2D eigenvalue weighted by atomic mass is 35.5. The Hall–Kier alpha value is -1.33. The van der Waals surface area contributed by atoms with Crippen LogP contribution in [0.2, 0.25) is 5.02 Å². The van der Waals surface area contributed by atoms with Gasteiger partial charge in [0.15, 0.2) is 0 Å². The first-order chi connectivity index (χ1) is 9.24. The van der Waals surface area contributed by atoms with Crippen molar-refractivity contribution in [1.82, 2.24) is 9.78 Å². The number of halogens is 1. The van der Waals surface area contributed by atoms with Gasteiger partial charge in [-0.1, -0.05) is 11.6 Å². The topological polar surface area (TPSA) is 46.9 Å². The molecule has 1 N–H and O–H groups in total. The molecule has 0 spiro atoms. The van der Waals surface area contributed by atoms with E-state index in [0.717, 1.165) is 5.56 Å². The molecular weight excluding hydrogens is 282 g/mol. The van der Waals surface area contributed by atoms with Crippen LogP contribution in [0.25, 0.3) is 0 Å². The third-order valence-corrected chi connectivity index (χ3v) is 4.19. The highest BCUT2D eigenvalue weighted by molar-refractivity contribution is 7.07. The normalized spacial score (nSPS) is 14.6. The molecule has 0 atom stereocenters. The second-order valence-electron chi connectivity index (χ2n) is 4.78. The summed E-state index contributed by atoms with van der Waals surface area (Å²) >= 11 is 7.69. The molecule has 6 heteroatoms. The number of nitrogens with zero attached hydrogens (tertiary/aromatic N) is 2. The molecule has 0 amide bonds. The summed E-state index contributed by atoms with van der Waals surface area (Å²) in [5.41, 5.74) is 1.46. The molecule has 1 fully saturated rings. The Kier molecular flexibility index (Phi) is 3.57. The van der Waals surface area contributed by atoms with Gasteiger partial charge >= 0.3 is 0 Å². The lowest BCUT2D eigenvalue weighted by atomic mass is 10.3. The van der Waals surface area contributed by atoms with Gasteiger partial charge in [-0.25, -0.2) is 4.68 Å². The van der Waals surface area contributed by atoms with E-state index in [4.69, 9.17) is 11.6 Å². The average molecular weight is 296 g/mol. The molecule has 0 aromatic carbocycles. The Morgan fingerprint density at radius 2 is 2.37 bits per heavy atom. The lowest BCUT2D eigenvalue weighted by molar-refractivity contribution is 0.534. The Bertz CT molecular complexity index is 619. The second-order valence-corrected chi connectivity index (χ2v) is 5.97. The minimum absolute atomic E-state index is 0.130. The summed E-state index contributed by atoms with van der Waals surface area (Å²) < 4.78 is 1.51. The molecule has 2 aromatic rings. The zero-order valence-corrected chi connectivity index (χ0v) is 11.9. The highest BCUT2D eigenvalue weighted by Gasteiger charge is 2.23. The van der Waals surface area contributed by atoms with Crippen LogP contribution in [0.4, 0.5) is 5.69 Å². The monoisotopic (exact) mass is 295 g/mol. The van der Waals surface area contributed by atoms with Gasteiger partial charge in [-0.05, 0) is 41.1 Å². The molecule has 1 saturated carbocycles. The molecule has 100 valence electrons. The second kappa shape index (κ2) is 5.35. The van der Waals surface area contributed by atoms with E-state index in [9.17, 15) is 4.79 Å². The van der Waals surface area contributed by atoms with Gasteiger partial charge in [0.25, 0.3) is 5.56 Å². The zero-order chi connectivity index (χ0) is 13.2. The van der Waals surface area contributed by atoms with E-state index in [1.807, 2.05) is 16.8 Å². The molecule has 1 aliphatic carbocycles. The number of aromatic nitrogens is 2. The van der Waals surface area contributed by atoms with Crippen LogP contribution in [0.15, 0.2) is 27.8 Å². The molecule has 2 aromatic heterocycles. The number of anilines is 1. The fourth-order valence-electron chi connectivity index (χ4n) is 1.89. The van der Waals surface area contributed by atoms with Crippen molar-refractivity contribution in [2.24, 2.45) is 5.92 Å². The average Bonchev–Trinajstić information content (AvgIpc) is 3.06. The third-order valence-electron chi connectivity index (χ3n) is 3.18. The maximum atomic E-state index is 12.3. The van der Waals surface area contributed by atoms with Gasteiger partial charge in [0.2, 0.25) is 0 Å². The van der Waals surface area contributed by atoms with E-state index < -0.39 is 0 Å². The first kappa shape index (κ1) is 12.7. The van der Waals surface area contributed by atoms with Gasteiger partial charge in [-0.2, -0.15) is 16.4 Å². The van der Waals surface area contributed by atoms with E-state index in [1.165, 1.54) is 17.5 Å². The van der Waals surface area contributed by atoms with E-state index >= 15 is 0 Å². The van der Waals surface area contributed by atoms with Crippen LogP contribution in [-0.4, -0.2) is 9.78 Å². The minimum Gasteiger partial charge on any atom is -0.375 e. The van der Waals surface area contributed by atoms with Crippen molar-refractivity contribution >= 4 is 28.6 Å². The first-order valence-electron chi connectivity index (χ1n) is 6.24. The molecule has 0 bridgehead atoms. The van der Waals surface area contributed by atoms with E-state index in [1.54, 1.807) is 17.5 Å². The van der Waals surface area contributed by atoms with E-state index in [-0.39, 0.29) is 5.56 Å². The molecule has 2 heterocycles. The van der Waals surface area contributed by atoms with Crippen molar-refractivity contribution < 1.29 is 0 Å². The highest BCUT2D eigenvalue weighted by Crippen LogP contribution is 2.30. The van der Waals surface area contributed by atoms with Crippen LogP contribution < -0.4 is 10.9 Å². The fraction of sp³-hybridized carbons (Fsp3) is 0.385. The summed E-state index contributed by atoms with van der Waals surface area (Å²) in [6.45, 7) is 1.30. The molecule has 4 nitrogen and oxygen atoms in total. The largest absolute Gasteiger partial charge is 0.375 e. The number of hydrogen-bond donors (Lipinski definition) is 1. The van der Waals surface area contributed by atoms with Crippen molar-refractivity contribution in [3.8, 4) is 0 Å². The smallest absolute Gasteiger partial charge is 0.291 e. The minimum atomic E-state index is -0.130. The number of hydrogen-bond acceptors (Lipinski definition) is 4. The number of thiophene rings is 1. The molecule has 0 unspecified atom stereocenters. The fourth-order valence-corrected chi connectivity index (χ4v) is 2.75. The lowest BCUT2D eigenvalue weighted by Gasteiger charge is -2.09. The Morgan fingerprint density at radius 1 is 1.53 bits per heavy atom. The van der Waals surface area contributed by atoms with Crippen molar-refractivity contribution in [3.63, 3.8) is 0 Å². The molecule has 19 heavy (non-hydrogen) atoms. The Labute approximate surface area is 120 Å². The molecule has 0 saturated heterocycles. The summed E-state index contributed by atoms with van der Waals surface area (Å²) in [7, 11) is 0. The van der Waals surface area contributed by atoms with Crippen molar-refractivity contribution in [3.05, 3.63) is 44.0 Å². The third kappa shape index (κ3) is 2.98.